The first kappa shape index (κ1) is 13.3. The zero-order valence-electron chi connectivity index (χ0n) is 10.0. The maximum absolute atomic E-state index is 11.3. The first-order valence-electron chi connectivity index (χ1n) is 5.32. The number of phenols is 1. The zero-order chi connectivity index (χ0) is 12.7. The highest BCUT2D eigenvalue weighted by molar-refractivity contribution is 5.77. The first-order chi connectivity index (χ1) is 8.15. The van der Waals surface area contributed by atoms with Crippen LogP contribution in [0.1, 0.15) is 5.56 Å². The average molecular weight is 239 g/mol. The number of carbonyl (C=O) groups is 1. The third kappa shape index (κ3) is 4.32. The van der Waals surface area contributed by atoms with Gasteiger partial charge in [0.2, 0.25) is 0 Å². The summed E-state index contributed by atoms with van der Waals surface area (Å²) in [5, 5.41) is 12.1. The van der Waals surface area contributed by atoms with Crippen LogP contribution in [-0.4, -0.2) is 37.9 Å². The molecule has 0 atom stereocenters. The molecule has 0 aliphatic heterocycles. The van der Waals surface area contributed by atoms with Crippen LogP contribution in [0, 0.1) is 6.92 Å². The number of amides is 1. The van der Waals surface area contributed by atoms with Gasteiger partial charge in [0.15, 0.2) is 6.61 Å². The number of hydrogen-bond acceptors (Lipinski definition) is 4. The maximum atomic E-state index is 11.3. The van der Waals surface area contributed by atoms with Crippen molar-refractivity contribution < 1.29 is 19.4 Å². The lowest BCUT2D eigenvalue weighted by atomic mass is 10.2. The Morgan fingerprint density at radius 2 is 2.24 bits per heavy atom. The molecule has 1 aromatic carbocycles. The van der Waals surface area contributed by atoms with E-state index in [1.165, 1.54) is 0 Å². The summed E-state index contributed by atoms with van der Waals surface area (Å²) >= 11 is 0. The summed E-state index contributed by atoms with van der Waals surface area (Å²) in [5.74, 6) is 0.443. The lowest BCUT2D eigenvalue weighted by Gasteiger charge is -2.10. The molecule has 0 aliphatic rings. The lowest BCUT2D eigenvalue weighted by Crippen LogP contribution is -2.31. The van der Waals surface area contributed by atoms with Crippen molar-refractivity contribution in [2.45, 2.75) is 6.92 Å². The molecule has 0 spiro atoms. The number of aromatic hydroxyl groups is 1. The van der Waals surface area contributed by atoms with E-state index < -0.39 is 0 Å². The highest BCUT2D eigenvalue weighted by Crippen LogP contribution is 2.25. The van der Waals surface area contributed by atoms with Crippen LogP contribution in [0.2, 0.25) is 0 Å². The highest BCUT2D eigenvalue weighted by Gasteiger charge is 2.06. The number of nitrogens with one attached hydrogen (secondary N) is 1. The Labute approximate surface area is 100 Å². The van der Waals surface area contributed by atoms with Gasteiger partial charge in [0.05, 0.1) is 6.61 Å². The fraction of sp³-hybridized carbons (Fsp3) is 0.417. The van der Waals surface area contributed by atoms with Gasteiger partial charge in [0.1, 0.15) is 11.5 Å². The second-order valence-electron chi connectivity index (χ2n) is 3.53. The number of benzene rings is 1. The van der Waals surface area contributed by atoms with Crippen LogP contribution in [0.15, 0.2) is 18.2 Å². The summed E-state index contributed by atoms with van der Waals surface area (Å²) in [6, 6.07) is 4.94. The molecule has 1 rings (SSSR count). The van der Waals surface area contributed by atoms with Gasteiger partial charge in [-0.05, 0) is 19.1 Å². The van der Waals surface area contributed by atoms with Gasteiger partial charge in [-0.3, -0.25) is 4.79 Å². The predicted octanol–water partition coefficient (Wildman–Crippen LogP) is 0.842. The smallest absolute Gasteiger partial charge is 0.258 e. The first-order valence-corrected chi connectivity index (χ1v) is 5.32. The number of rotatable bonds is 6. The molecule has 1 aromatic rings. The van der Waals surface area contributed by atoms with Crippen molar-refractivity contribution >= 4 is 5.91 Å². The Kier molecular flexibility index (Phi) is 5.29. The molecule has 94 valence electrons. The predicted molar refractivity (Wildman–Crippen MR) is 63.2 cm³/mol. The molecule has 0 aliphatic carbocycles. The fourth-order valence-corrected chi connectivity index (χ4v) is 1.25. The third-order valence-corrected chi connectivity index (χ3v) is 2.24. The summed E-state index contributed by atoms with van der Waals surface area (Å²) in [4.78, 5) is 11.3. The number of hydrogen-bond donors (Lipinski definition) is 2. The minimum Gasteiger partial charge on any atom is -0.508 e. The van der Waals surface area contributed by atoms with Gasteiger partial charge in [0, 0.05) is 19.2 Å². The van der Waals surface area contributed by atoms with Crippen LogP contribution >= 0.6 is 0 Å². The van der Waals surface area contributed by atoms with Gasteiger partial charge >= 0.3 is 0 Å². The molecule has 0 unspecified atom stereocenters. The Morgan fingerprint density at radius 1 is 1.47 bits per heavy atom. The van der Waals surface area contributed by atoms with Crippen molar-refractivity contribution in [2.75, 3.05) is 26.9 Å². The topological polar surface area (TPSA) is 67.8 Å². The molecule has 0 saturated heterocycles. The van der Waals surface area contributed by atoms with Crippen molar-refractivity contribution in [1.29, 1.82) is 0 Å². The van der Waals surface area contributed by atoms with E-state index in [0.717, 1.165) is 0 Å². The molecule has 0 fully saturated rings. The number of methoxy groups -OCH3 is 1. The highest BCUT2D eigenvalue weighted by atomic mass is 16.5. The van der Waals surface area contributed by atoms with Gasteiger partial charge < -0.3 is 19.9 Å². The van der Waals surface area contributed by atoms with Crippen LogP contribution in [-0.2, 0) is 9.53 Å². The number of phenolic OH excluding ortho intramolecular Hbond substituents is 1. The van der Waals surface area contributed by atoms with Crippen LogP contribution in [0.4, 0.5) is 0 Å². The summed E-state index contributed by atoms with van der Waals surface area (Å²) < 4.78 is 10.1. The second-order valence-corrected chi connectivity index (χ2v) is 3.53. The minimum absolute atomic E-state index is 0.0754. The van der Waals surface area contributed by atoms with E-state index in [9.17, 15) is 9.90 Å². The van der Waals surface area contributed by atoms with Crippen LogP contribution in [0.5, 0.6) is 11.5 Å². The van der Waals surface area contributed by atoms with Gasteiger partial charge in [-0.15, -0.1) is 0 Å². The summed E-state index contributed by atoms with van der Waals surface area (Å²) in [6.07, 6.45) is 0. The van der Waals surface area contributed by atoms with Crippen molar-refractivity contribution in [1.82, 2.24) is 5.32 Å². The largest absolute Gasteiger partial charge is 0.508 e. The number of ether oxygens (including phenoxy) is 2. The molecule has 1 amide bonds. The molecule has 0 aromatic heterocycles. The molecule has 5 heteroatoms. The lowest BCUT2D eigenvalue weighted by molar-refractivity contribution is -0.123. The molecule has 0 saturated carbocycles. The Balaban J connectivity index is 2.39. The van der Waals surface area contributed by atoms with Gasteiger partial charge in [0.25, 0.3) is 5.91 Å². The van der Waals surface area contributed by atoms with E-state index in [0.29, 0.717) is 24.5 Å². The molecule has 0 bridgehead atoms. The Bertz CT molecular complexity index is 379. The molecular weight excluding hydrogens is 222 g/mol. The molecule has 5 nitrogen and oxygen atoms in total. The number of carbonyl (C=O) groups excluding carboxylic acids is 1. The van der Waals surface area contributed by atoms with Crippen molar-refractivity contribution in [3.63, 3.8) is 0 Å². The molecule has 0 heterocycles. The standard InChI is InChI=1S/C12H17NO4/c1-9-10(14)4-3-5-11(9)17-8-12(15)13-6-7-16-2/h3-5,14H,6-8H2,1-2H3,(H,13,15). The van der Waals surface area contributed by atoms with Crippen LogP contribution < -0.4 is 10.1 Å². The average Bonchev–Trinajstić information content (AvgIpc) is 2.31. The van der Waals surface area contributed by atoms with E-state index in [1.54, 1.807) is 32.2 Å². The Hall–Kier alpha value is -1.75. The SMILES string of the molecule is COCCNC(=O)COc1cccc(O)c1C. The molecule has 2 N–H and O–H groups in total. The van der Waals surface area contributed by atoms with E-state index in [1.807, 2.05) is 0 Å². The van der Waals surface area contributed by atoms with E-state index in [4.69, 9.17) is 9.47 Å². The zero-order valence-corrected chi connectivity index (χ0v) is 10.0. The summed E-state index contributed by atoms with van der Waals surface area (Å²) in [6.45, 7) is 2.58. The summed E-state index contributed by atoms with van der Waals surface area (Å²) in [5.41, 5.74) is 0.622. The van der Waals surface area contributed by atoms with E-state index >= 15 is 0 Å². The minimum atomic E-state index is -0.218. The third-order valence-electron chi connectivity index (χ3n) is 2.24. The summed E-state index contributed by atoms with van der Waals surface area (Å²) in [7, 11) is 1.57. The Morgan fingerprint density at radius 3 is 2.94 bits per heavy atom. The van der Waals surface area contributed by atoms with E-state index in [-0.39, 0.29) is 18.3 Å². The van der Waals surface area contributed by atoms with Crippen LogP contribution in [0.3, 0.4) is 0 Å². The van der Waals surface area contributed by atoms with Gasteiger partial charge in [-0.1, -0.05) is 6.07 Å². The van der Waals surface area contributed by atoms with E-state index in [2.05, 4.69) is 5.32 Å². The molecule has 17 heavy (non-hydrogen) atoms. The van der Waals surface area contributed by atoms with Crippen LogP contribution in [0.25, 0.3) is 0 Å². The van der Waals surface area contributed by atoms with Crippen molar-refractivity contribution in [3.8, 4) is 11.5 Å². The fourth-order valence-electron chi connectivity index (χ4n) is 1.25. The molecule has 0 radical (unpaired) electrons. The maximum Gasteiger partial charge on any atom is 0.258 e. The molecular formula is C12H17NO4. The van der Waals surface area contributed by atoms with Crippen molar-refractivity contribution in [3.05, 3.63) is 23.8 Å². The second kappa shape index (κ2) is 6.75. The monoisotopic (exact) mass is 239 g/mol. The van der Waals surface area contributed by atoms with Crippen molar-refractivity contribution in [2.24, 2.45) is 0 Å². The quantitative estimate of drug-likeness (QED) is 0.722. The normalized spacial score (nSPS) is 10.0. The van der Waals surface area contributed by atoms with Gasteiger partial charge in [-0.2, -0.15) is 0 Å². The van der Waals surface area contributed by atoms with Gasteiger partial charge in [-0.25, -0.2) is 0 Å².